The maximum absolute atomic E-state index is 12.5. The number of amides is 1. The molecular formula is C12H21N5O3S. The molecule has 21 heavy (non-hydrogen) atoms. The molecule has 1 aliphatic rings. The molecule has 0 radical (unpaired) electrons. The van der Waals surface area contributed by atoms with Crippen LogP contribution in [0.15, 0.2) is 11.1 Å². The molecule has 0 unspecified atom stereocenters. The summed E-state index contributed by atoms with van der Waals surface area (Å²) in [6, 6.07) is 0.0372. The number of hydrogen-bond donors (Lipinski definition) is 2. The molecule has 1 aromatic heterocycles. The zero-order valence-corrected chi connectivity index (χ0v) is 13.1. The van der Waals surface area contributed by atoms with Gasteiger partial charge < -0.3 is 11.1 Å². The fourth-order valence-corrected chi connectivity index (χ4v) is 3.95. The maximum atomic E-state index is 12.5. The maximum Gasteiger partial charge on any atom is 0.248 e. The van der Waals surface area contributed by atoms with Crippen LogP contribution in [0.3, 0.4) is 0 Å². The van der Waals surface area contributed by atoms with Gasteiger partial charge in [0, 0.05) is 38.8 Å². The fourth-order valence-electron chi connectivity index (χ4n) is 2.39. The van der Waals surface area contributed by atoms with Crippen molar-refractivity contribution in [2.75, 3.05) is 18.8 Å². The van der Waals surface area contributed by atoms with Crippen LogP contribution in [0.2, 0.25) is 0 Å². The Bertz CT molecular complexity index is 617. The van der Waals surface area contributed by atoms with Gasteiger partial charge in [0.05, 0.1) is 0 Å². The van der Waals surface area contributed by atoms with Crippen molar-refractivity contribution < 1.29 is 13.2 Å². The van der Waals surface area contributed by atoms with Crippen molar-refractivity contribution in [1.29, 1.82) is 0 Å². The van der Waals surface area contributed by atoms with E-state index in [4.69, 9.17) is 5.73 Å². The molecule has 1 aromatic rings. The largest absolute Gasteiger partial charge is 0.381 e. The minimum Gasteiger partial charge on any atom is -0.381 e. The Kier molecular flexibility index (Phi) is 4.52. The van der Waals surface area contributed by atoms with Crippen LogP contribution in [-0.2, 0) is 21.9 Å². The zero-order chi connectivity index (χ0) is 15.6. The first-order valence-corrected chi connectivity index (χ1v) is 8.37. The Morgan fingerprint density at radius 2 is 2.10 bits per heavy atom. The molecule has 2 heterocycles. The van der Waals surface area contributed by atoms with E-state index in [1.165, 1.54) is 15.2 Å². The molecule has 0 atom stereocenters. The zero-order valence-electron chi connectivity index (χ0n) is 12.2. The molecule has 118 valence electrons. The highest BCUT2D eigenvalue weighted by molar-refractivity contribution is 7.89. The minimum atomic E-state index is -3.62. The lowest BCUT2D eigenvalue weighted by molar-refractivity contribution is -0.121. The Balaban J connectivity index is 2.04. The highest BCUT2D eigenvalue weighted by atomic mass is 32.2. The molecule has 0 aliphatic carbocycles. The van der Waals surface area contributed by atoms with Gasteiger partial charge in [-0.3, -0.25) is 9.48 Å². The second-order valence-electron chi connectivity index (χ2n) is 5.15. The quantitative estimate of drug-likeness (QED) is 0.791. The van der Waals surface area contributed by atoms with Crippen LogP contribution in [0, 0.1) is 0 Å². The topological polar surface area (TPSA) is 110 Å². The SMILES string of the molecule is CCC(=O)NC1CCN(S(=O)(=O)c2cn(C)nc2N)CC1. The molecule has 3 N–H and O–H groups in total. The number of nitrogens with two attached hydrogens (primary N) is 1. The standard InChI is InChI=1S/C12H21N5O3S/c1-3-11(18)14-9-4-6-17(7-5-9)21(19,20)10-8-16(2)15-12(10)13/h8-9H,3-7H2,1-2H3,(H2,13,15)(H,14,18). The third-order valence-corrected chi connectivity index (χ3v) is 5.50. The molecule has 8 nitrogen and oxygen atoms in total. The average molecular weight is 315 g/mol. The number of nitrogens with zero attached hydrogens (tertiary/aromatic N) is 3. The first-order chi connectivity index (χ1) is 9.84. The van der Waals surface area contributed by atoms with Crippen LogP contribution in [0.5, 0.6) is 0 Å². The summed E-state index contributed by atoms with van der Waals surface area (Å²) in [4.78, 5) is 11.4. The first kappa shape index (κ1) is 15.8. The summed E-state index contributed by atoms with van der Waals surface area (Å²) >= 11 is 0. The number of aryl methyl sites for hydroxylation is 1. The van der Waals surface area contributed by atoms with E-state index in [0.717, 1.165) is 0 Å². The van der Waals surface area contributed by atoms with Crippen molar-refractivity contribution >= 4 is 21.7 Å². The van der Waals surface area contributed by atoms with Gasteiger partial charge in [-0.25, -0.2) is 8.42 Å². The fraction of sp³-hybridized carbons (Fsp3) is 0.667. The number of nitrogen functional groups attached to an aromatic ring is 1. The Morgan fingerprint density at radius 3 is 2.57 bits per heavy atom. The van der Waals surface area contributed by atoms with E-state index in [9.17, 15) is 13.2 Å². The molecule has 0 aromatic carbocycles. The molecular weight excluding hydrogens is 294 g/mol. The number of rotatable bonds is 4. The van der Waals surface area contributed by atoms with Gasteiger partial charge in [0.15, 0.2) is 5.82 Å². The lowest BCUT2D eigenvalue weighted by Gasteiger charge is -2.31. The van der Waals surface area contributed by atoms with Crippen molar-refractivity contribution in [1.82, 2.24) is 19.4 Å². The van der Waals surface area contributed by atoms with Gasteiger partial charge in [0.2, 0.25) is 15.9 Å². The van der Waals surface area contributed by atoms with E-state index in [2.05, 4.69) is 10.4 Å². The molecule has 0 bridgehead atoms. The van der Waals surface area contributed by atoms with E-state index in [1.807, 2.05) is 0 Å². The summed E-state index contributed by atoms with van der Waals surface area (Å²) in [5.74, 6) is 0.00622. The average Bonchev–Trinajstić information content (AvgIpc) is 2.79. The molecule has 1 saturated heterocycles. The van der Waals surface area contributed by atoms with Crippen molar-refractivity contribution in [3.63, 3.8) is 0 Å². The van der Waals surface area contributed by atoms with E-state index >= 15 is 0 Å². The van der Waals surface area contributed by atoms with Gasteiger partial charge in [-0.1, -0.05) is 6.92 Å². The Labute approximate surface area is 124 Å². The number of aromatic nitrogens is 2. The van der Waals surface area contributed by atoms with Crippen molar-refractivity contribution in [3.05, 3.63) is 6.20 Å². The number of sulfonamides is 1. The van der Waals surface area contributed by atoms with Crippen molar-refractivity contribution in [2.24, 2.45) is 7.05 Å². The van der Waals surface area contributed by atoms with Crippen LogP contribution >= 0.6 is 0 Å². The Hall–Kier alpha value is -1.61. The third-order valence-electron chi connectivity index (χ3n) is 3.58. The lowest BCUT2D eigenvalue weighted by Crippen LogP contribution is -2.46. The van der Waals surface area contributed by atoms with Gasteiger partial charge >= 0.3 is 0 Å². The normalized spacial score (nSPS) is 17.8. The van der Waals surface area contributed by atoms with Gasteiger partial charge in [0.1, 0.15) is 4.90 Å². The summed E-state index contributed by atoms with van der Waals surface area (Å²) in [6.45, 7) is 2.52. The van der Waals surface area contributed by atoms with Crippen LogP contribution in [-0.4, -0.2) is 47.5 Å². The number of nitrogens with one attached hydrogen (secondary N) is 1. The van der Waals surface area contributed by atoms with E-state index in [1.54, 1.807) is 14.0 Å². The summed E-state index contributed by atoms with van der Waals surface area (Å²) in [5.41, 5.74) is 5.65. The molecule has 1 aliphatic heterocycles. The monoisotopic (exact) mass is 315 g/mol. The Morgan fingerprint density at radius 1 is 1.48 bits per heavy atom. The summed E-state index contributed by atoms with van der Waals surface area (Å²) < 4.78 is 27.8. The van der Waals surface area contributed by atoms with Gasteiger partial charge in [-0.05, 0) is 12.8 Å². The van der Waals surface area contributed by atoms with Crippen LogP contribution < -0.4 is 11.1 Å². The second-order valence-corrected chi connectivity index (χ2v) is 7.06. The third kappa shape index (κ3) is 3.35. The number of carbonyl (C=O) groups excluding carboxylic acids is 1. The highest BCUT2D eigenvalue weighted by Gasteiger charge is 2.32. The predicted octanol–water partition coefficient (Wildman–Crippen LogP) is -0.318. The number of piperidine rings is 1. The predicted molar refractivity (Wildman–Crippen MR) is 77.8 cm³/mol. The number of carbonyl (C=O) groups is 1. The molecule has 1 amide bonds. The summed E-state index contributed by atoms with van der Waals surface area (Å²) in [6.07, 6.45) is 3.05. The van der Waals surface area contributed by atoms with E-state index in [0.29, 0.717) is 32.4 Å². The highest BCUT2D eigenvalue weighted by Crippen LogP contribution is 2.24. The molecule has 9 heteroatoms. The molecule has 0 spiro atoms. The van der Waals surface area contributed by atoms with Crippen LogP contribution in [0.25, 0.3) is 0 Å². The first-order valence-electron chi connectivity index (χ1n) is 6.93. The van der Waals surface area contributed by atoms with Gasteiger partial charge in [-0.2, -0.15) is 9.40 Å². The van der Waals surface area contributed by atoms with Crippen molar-refractivity contribution in [3.8, 4) is 0 Å². The molecule has 2 rings (SSSR count). The molecule has 1 fully saturated rings. The van der Waals surface area contributed by atoms with Crippen molar-refractivity contribution in [2.45, 2.75) is 37.1 Å². The number of hydrogen-bond acceptors (Lipinski definition) is 5. The second kappa shape index (κ2) is 6.02. The van der Waals surface area contributed by atoms with Crippen LogP contribution in [0.4, 0.5) is 5.82 Å². The smallest absolute Gasteiger partial charge is 0.248 e. The molecule has 0 saturated carbocycles. The number of anilines is 1. The van der Waals surface area contributed by atoms with Gasteiger partial charge in [0.25, 0.3) is 0 Å². The summed E-state index contributed by atoms with van der Waals surface area (Å²) in [7, 11) is -1.99. The van der Waals surface area contributed by atoms with Crippen LogP contribution in [0.1, 0.15) is 26.2 Å². The minimum absolute atomic E-state index is 0.00666. The van der Waals surface area contributed by atoms with E-state index in [-0.39, 0.29) is 22.7 Å². The lowest BCUT2D eigenvalue weighted by atomic mass is 10.1. The summed E-state index contributed by atoms with van der Waals surface area (Å²) in [5, 5.41) is 6.76. The van der Waals surface area contributed by atoms with Gasteiger partial charge in [-0.15, -0.1) is 0 Å². The van der Waals surface area contributed by atoms with E-state index < -0.39 is 10.0 Å².